The molecule has 0 radical (unpaired) electrons. The van der Waals surface area contributed by atoms with Crippen LogP contribution in [-0.2, 0) is 0 Å². The predicted octanol–water partition coefficient (Wildman–Crippen LogP) is 2.73. The summed E-state index contributed by atoms with van der Waals surface area (Å²) in [5.74, 6) is -0.471. The molecule has 0 aliphatic rings. The maximum Gasteiger partial charge on any atom is 0.206 e. The van der Waals surface area contributed by atoms with Gasteiger partial charge in [0.25, 0.3) is 0 Å². The Balaban J connectivity index is 0.00000200. The minimum Gasteiger partial charge on any atom is -0.369 e. The minimum atomic E-state index is -0.248. The summed E-state index contributed by atoms with van der Waals surface area (Å²) in [5, 5.41) is 10.7. The van der Waals surface area contributed by atoms with E-state index in [2.05, 4.69) is 10.5 Å². The van der Waals surface area contributed by atoms with E-state index in [0.29, 0.717) is 5.56 Å². The van der Waals surface area contributed by atoms with Crippen LogP contribution in [-0.4, -0.2) is 12.2 Å². The number of nitrogens with one attached hydrogen (secondary N) is 2. The van der Waals surface area contributed by atoms with E-state index in [0.717, 1.165) is 11.1 Å². The number of halogens is 2. The van der Waals surface area contributed by atoms with E-state index in [9.17, 15) is 4.39 Å². The zero-order valence-corrected chi connectivity index (χ0v) is 11.3. The first-order chi connectivity index (χ1) is 9.16. The molecule has 2 aromatic carbocycles. The fourth-order valence-electron chi connectivity index (χ4n) is 1.62. The first kappa shape index (κ1) is 15.7. The number of rotatable bonds is 3. The van der Waals surface area contributed by atoms with Gasteiger partial charge >= 0.3 is 0 Å². The highest BCUT2D eigenvalue weighted by Crippen LogP contribution is 2.22. The van der Waals surface area contributed by atoms with Crippen LogP contribution in [0.3, 0.4) is 0 Å². The van der Waals surface area contributed by atoms with E-state index in [1.807, 2.05) is 24.3 Å². The Labute approximate surface area is 122 Å². The van der Waals surface area contributed by atoms with E-state index in [4.69, 9.17) is 11.1 Å². The van der Waals surface area contributed by atoms with Crippen molar-refractivity contribution in [2.75, 3.05) is 0 Å². The first-order valence-corrected chi connectivity index (χ1v) is 5.65. The molecule has 0 atom stereocenters. The molecule has 20 heavy (non-hydrogen) atoms. The third-order valence-electron chi connectivity index (χ3n) is 2.49. The summed E-state index contributed by atoms with van der Waals surface area (Å²) in [4.78, 5) is 0. The lowest BCUT2D eigenvalue weighted by molar-refractivity contribution is 0.631. The zero-order valence-electron chi connectivity index (χ0n) is 10.5. The van der Waals surface area contributed by atoms with Crippen LogP contribution in [0.2, 0.25) is 0 Å². The van der Waals surface area contributed by atoms with Gasteiger partial charge in [-0.3, -0.25) is 5.41 Å². The highest BCUT2D eigenvalue weighted by molar-refractivity contribution is 5.85. The van der Waals surface area contributed by atoms with Crippen molar-refractivity contribution in [2.24, 2.45) is 10.8 Å². The van der Waals surface area contributed by atoms with Gasteiger partial charge in [-0.15, -0.1) is 12.4 Å². The standard InChI is InChI=1S/C14H13FN4.ClH/c15-13-4-2-1-3-12(13)11-7-5-10(6-8-11)9-18-19-14(16)17;/h1-9H,(H4,16,17,19);1H/b18-9+;. The number of hydrogen-bond acceptors (Lipinski definition) is 2. The molecule has 0 saturated carbocycles. The minimum absolute atomic E-state index is 0. The molecular formula is C14H14ClFN4. The molecule has 0 spiro atoms. The summed E-state index contributed by atoms with van der Waals surface area (Å²) in [6.07, 6.45) is 1.53. The van der Waals surface area contributed by atoms with E-state index in [-0.39, 0.29) is 24.2 Å². The molecule has 104 valence electrons. The van der Waals surface area contributed by atoms with Crippen LogP contribution in [0.15, 0.2) is 53.6 Å². The van der Waals surface area contributed by atoms with Gasteiger partial charge in [0.1, 0.15) is 5.82 Å². The lowest BCUT2D eigenvalue weighted by atomic mass is 10.0. The number of hydrazone groups is 1. The second kappa shape index (κ2) is 7.25. The fraction of sp³-hybridized carbons (Fsp3) is 0. The van der Waals surface area contributed by atoms with Crippen molar-refractivity contribution in [1.82, 2.24) is 5.43 Å². The molecule has 2 aromatic rings. The molecule has 0 unspecified atom stereocenters. The highest BCUT2D eigenvalue weighted by atomic mass is 35.5. The second-order valence-corrected chi connectivity index (χ2v) is 3.89. The molecule has 0 aromatic heterocycles. The number of benzene rings is 2. The van der Waals surface area contributed by atoms with Gasteiger partial charge in [0.15, 0.2) is 0 Å². The smallest absolute Gasteiger partial charge is 0.206 e. The maximum absolute atomic E-state index is 13.6. The van der Waals surface area contributed by atoms with Crippen LogP contribution in [0.1, 0.15) is 5.56 Å². The Morgan fingerprint density at radius 2 is 1.80 bits per heavy atom. The summed E-state index contributed by atoms with van der Waals surface area (Å²) in [7, 11) is 0. The van der Waals surface area contributed by atoms with Crippen molar-refractivity contribution in [3.63, 3.8) is 0 Å². The van der Waals surface area contributed by atoms with Gasteiger partial charge in [-0.2, -0.15) is 5.10 Å². The van der Waals surface area contributed by atoms with E-state index in [1.165, 1.54) is 12.3 Å². The van der Waals surface area contributed by atoms with Crippen molar-refractivity contribution in [3.8, 4) is 11.1 Å². The number of nitrogens with two attached hydrogens (primary N) is 1. The molecule has 6 heteroatoms. The molecule has 2 rings (SSSR count). The van der Waals surface area contributed by atoms with Crippen LogP contribution in [0.25, 0.3) is 11.1 Å². The van der Waals surface area contributed by atoms with Gasteiger partial charge in [-0.25, -0.2) is 9.82 Å². The Morgan fingerprint density at radius 1 is 1.15 bits per heavy atom. The Morgan fingerprint density at radius 3 is 2.40 bits per heavy atom. The molecule has 0 saturated heterocycles. The van der Waals surface area contributed by atoms with Gasteiger partial charge in [-0.1, -0.05) is 42.5 Å². The number of guanidine groups is 1. The molecule has 0 amide bonds. The quantitative estimate of drug-likeness (QED) is 0.462. The second-order valence-electron chi connectivity index (χ2n) is 3.89. The third-order valence-corrected chi connectivity index (χ3v) is 2.49. The van der Waals surface area contributed by atoms with E-state index in [1.54, 1.807) is 18.2 Å². The lowest BCUT2D eigenvalue weighted by Crippen LogP contribution is -2.25. The van der Waals surface area contributed by atoms with Crippen LogP contribution in [0, 0.1) is 11.2 Å². The average molecular weight is 293 g/mol. The monoisotopic (exact) mass is 292 g/mol. The van der Waals surface area contributed by atoms with Crippen LogP contribution >= 0.6 is 12.4 Å². The molecule has 0 fully saturated rings. The average Bonchev–Trinajstić information content (AvgIpc) is 2.40. The first-order valence-electron chi connectivity index (χ1n) is 5.65. The van der Waals surface area contributed by atoms with Gasteiger partial charge in [0.05, 0.1) is 6.21 Å². The molecular weight excluding hydrogens is 279 g/mol. The van der Waals surface area contributed by atoms with Crippen LogP contribution in [0.5, 0.6) is 0 Å². The Bertz CT molecular complexity index is 611. The maximum atomic E-state index is 13.6. The van der Waals surface area contributed by atoms with Crippen molar-refractivity contribution in [1.29, 1.82) is 5.41 Å². The van der Waals surface area contributed by atoms with E-state index >= 15 is 0 Å². The van der Waals surface area contributed by atoms with Gasteiger partial charge < -0.3 is 5.73 Å². The van der Waals surface area contributed by atoms with Crippen molar-refractivity contribution in [2.45, 2.75) is 0 Å². The van der Waals surface area contributed by atoms with Gasteiger partial charge in [0, 0.05) is 5.56 Å². The summed E-state index contributed by atoms with van der Waals surface area (Å²) in [5.41, 5.74) is 9.60. The molecule has 0 aliphatic carbocycles. The topological polar surface area (TPSA) is 74.3 Å². The molecule has 4 nitrogen and oxygen atoms in total. The number of hydrogen-bond donors (Lipinski definition) is 3. The van der Waals surface area contributed by atoms with Crippen molar-refractivity contribution < 1.29 is 4.39 Å². The van der Waals surface area contributed by atoms with Crippen LogP contribution < -0.4 is 11.2 Å². The molecule has 0 heterocycles. The van der Waals surface area contributed by atoms with Crippen LogP contribution in [0.4, 0.5) is 4.39 Å². The van der Waals surface area contributed by atoms with Gasteiger partial charge in [-0.05, 0) is 17.2 Å². The molecule has 0 aliphatic heterocycles. The Hall–Kier alpha value is -2.40. The van der Waals surface area contributed by atoms with Crippen molar-refractivity contribution in [3.05, 3.63) is 59.9 Å². The normalized spacial score (nSPS) is 10.1. The lowest BCUT2D eigenvalue weighted by Gasteiger charge is -2.03. The molecule has 0 bridgehead atoms. The highest BCUT2D eigenvalue weighted by Gasteiger charge is 2.02. The summed E-state index contributed by atoms with van der Waals surface area (Å²) in [6.45, 7) is 0. The van der Waals surface area contributed by atoms with Crippen molar-refractivity contribution >= 4 is 24.6 Å². The SMILES string of the molecule is Cl.N=C(N)N/N=C/c1ccc(-c2ccccc2F)cc1. The largest absolute Gasteiger partial charge is 0.369 e. The molecule has 4 N–H and O–H groups in total. The predicted molar refractivity (Wildman–Crippen MR) is 81.7 cm³/mol. The van der Waals surface area contributed by atoms with Gasteiger partial charge in [0.2, 0.25) is 5.96 Å². The Kier molecular flexibility index (Phi) is 5.68. The number of nitrogens with zero attached hydrogens (tertiary/aromatic N) is 1. The zero-order chi connectivity index (χ0) is 13.7. The summed E-state index contributed by atoms with van der Waals surface area (Å²) < 4.78 is 13.6. The fourth-order valence-corrected chi connectivity index (χ4v) is 1.62. The third kappa shape index (κ3) is 4.07. The summed E-state index contributed by atoms with van der Waals surface area (Å²) in [6, 6.07) is 13.9. The van der Waals surface area contributed by atoms with E-state index < -0.39 is 0 Å². The summed E-state index contributed by atoms with van der Waals surface area (Å²) >= 11 is 0.